The van der Waals surface area contributed by atoms with Crippen molar-refractivity contribution >= 4 is 33.9 Å². The van der Waals surface area contributed by atoms with E-state index in [2.05, 4.69) is 5.41 Å². The molecule has 0 fully saturated rings. The van der Waals surface area contributed by atoms with Crippen LogP contribution in [0.5, 0.6) is 0 Å². The van der Waals surface area contributed by atoms with Gasteiger partial charge >= 0.3 is 40.1 Å². The minimum absolute atomic E-state index is 0. The summed E-state index contributed by atoms with van der Waals surface area (Å²) in [6, 6.07) is 0. The van der Waals surface area contributed by atoms with Gasteiger partial charge in [0.15, 0.2) is 0 Å². The van der Waals surface area contributed by atoms with Crippen LogP contribution in [0.1, 0.15) is 13.3 Å². The van der Waals surface area contributed by atoms with Crippen LogP contribution in [0.25, 0.3) is 0 Å². The Morgan fingerprint density at radius 2 is 1.82 bits per heavy atom. The van der Waals surface area contributed by atoms with Gasteiger partial charge in [-0.1, -0.05) is 13.3 Å². The minimum atomic E-state index is -0.871. The van der Waals surface area contributed by atoms with Crippen molar-refractivity contribution in [3.8, 4) is 0 Å². The van der Waals surface area contributed by atoms with E-state index in [9.17, 15) is 4.21 Å². The van der Waals surface area contributed by atoms with Gasteiger partial charge in [0.2, 0.25) is 0 Å². The fourth-order valence-corrected chi connectivity index (χ4v) is 0.602. The molecule has 0 N–H and O–H groups in total. The average Bonchev–Trinajstić information content (AvgIpc) is 1.61. The first kappa shape index (κ1) is 29.2. The second-order valence-corrected chi connectivity index (χ2v) is 2.33. The van der Waals surface area contributed by atoms with Gasteiger partial charge in [0, 0.05) is 0 Å². The maximum atomic E-state index is 10.2. The molecule has 0 aromatic carbocycles. The summed E-state index contributed by atoms with van der Waals surface area (Å²) in [5.74, 6) is 0. The molecule has 1 atom stereocenters. The molecule has 0 aliphatic carbocycles. The molecule has 68 valence electrons. The molecule has 0 heterocycles. The molecule has 0 aromatic rings. The van der Waals surface area contributed by atoms with E-state index >= 15 is 0 Å². The molecule has 0 amide bonds. The Kier molecular flexibility index (Phi) is 60.4. The second kappa shape index (κ2) is 22.7. The Balaban J connectivity index is -0.0000000300. The van der Waals surface area contributed by atoms with Gasteiger partial charge in [-0.15, -0.1) is 10.8 Å². The summed E-state index contributed by atoms with van der Waals surface area (Å²) in [4.78, 5) is 0. The molecule has 0 rings (SSSR count). The summed E-state index contributed by atoms with van der Waals surface area (Å²) in [5, 5.41) is 2.64. The van der Waals surface area contributed by atoms with E-state index in [-0.39, 0.29) is 74.1 Å². The first-order valence-electron chi connectivity index (χ1n) is 2.18. The third-order valence-electron chi connectivity index (χ3n) is 0.453. The Morgan fingerprint density at radius 1 is 1.45 bits per heavy atom. The van der Waals surface area contributed by atoms with E-state index in [4.69, 9.17) is 0 Å². The van der Waals surface area contributed by atoms with Crippen LogP contribution >= 0.6 is 0 Å². The van der Waals surface area contributed by atoms with Gasteiger partial charge in [-0.2, -0.15) is 0 Å². The first-order chi connectivity index (χ1) is 3.27. The smallest absolute Gasteiger partial charge is 1.00 e. The van der Waals surface area contributed by atoms with E-state index in [1.165, 1.54) is 0 Å². The molecule has 0 saturated heterocycles. The molecule has 0 spiro atoms. The average molecular weight is 365 g/mol. The molecule has 0 aliphatic rings. The SMILES string of the molecule is CCC=[C-]S(C)=O.[Br-].[Br-].[Cu+].[Mg+2]. The van der Waals surface area contributed by atoms with Crippen molar-refractivity contribution in [3.05, 3.63) is 11.5 Å². The van der Waals surface area contributed by atoms with Crippen LogP contribution in [0.2, 0.25) is 0 Å². The van der Waals surface area contributed by atoms with Crippen LogP contribution in [-0.2, 0) is 27.9 Å². The third kappa shape index (κ3) is 33.1. The minimum Gasteiger partial charge on any atom is -1.00 e. The topological polar surface area (TPSA) is 17.1 Å². The molecular formula is C5H9Br2CuMgOS. The van der Waals surface area contributed by atoms with Gasteiger partial charge in [-0.3, -0.25) is 10.3 Å². The first-order valence-corrected chi connectivity index (χ1v) is 3.74. The van der Waals surface area contributed by atoms with E-state index < -0.39 is 10.8 Å². The van der Waals surface area contributed by atoms with E-state index in [1.807, 2.05) is 6.92 Å². The van der Waals surface area contributed by atoms with Crippen molar-refractivity contribution < 1.29 is 55.2 Å². The zero-order chi connectivity index (χ0) is 5.70. The maximum Gasteiger partial charge on any atom is 2.00 e. The molecule has 6 heteroatoms. The largest absolute Gasteiger partial charge is 2.00 e. The number of hydrogen-bond acceptors (Lipinski definition) is 1. The van der Waals surface area contributed by atoms with Gasteiger partial charge in [-0.25, -0.2) is 0 Å². The predicted octanol–water partition coefficient (Wildman–Crippen LogP) is -5.28. The van der Waals surface area contributed by atoms with Gasteiger partial charge in [0.25, 0.3) is 0 Å². The monoisotopic (exact) mass is 362 g/mol. The number of halogens is 2. The number of rotatable bonds is 2. The molecule has 0 bridgehead atoms. The van der Waals surface area contributed by atoms with Gasteiger partial charge in [0.1, 0.15) is 0 Å². The molecular weight excluding hydrogens is 356 g/mol. The molecule has 0 saturated carbocycles. The van der Waals surface area contributed by atoms with Crippen molar-refractivity contribution in [2.45, 2.75) is 13.3 Å². The Hall–Kier alpha value is 2.14. The van der Waals surface area contributed by atoms with Gasteiger partial charge in [0.05, 0.1) is 0 Å². The third-order valence-corrected chi connectivity index (χ3v) is 0.952. The zero-order valence-corrected chi connectivity index (χ0v) is 12.7. The van der Waals surface area contributed by atoms with Crippen LogP contribution in [0.3, 0.4) is 0 Å². The van der Waals surface area contributed by atoms with Crippen molar-refractivity contribution in [1.29, 1.82) is 0 Å². The van der Waals surface area contributed by atoms with Gasteiger partial charge < -0.3 is 39.4 Å². The quantitative estimate of drug-likeness (QED) is 0.353. The zero-order valence-electron chi connectivity index (χ0n) is 6.37. The molecule has 0 aromatic heterocycles. The molecule has 0 radical (unpaired) electrons. The Morgan fingerprint density at radius 3 is 1.91 bits per heavy atom. The normalized spacial score (nSPS) is 9.64. The summed E-state index contributed by atoms with van der Waals surface area (Å²) in [5.41, 5.74) is 0. The standard InChI is InChI=1S/C5H9OS.2BrH.Cu.Mg/c1-3-4-5-7(2)6;;;;/h4H,3H2,1-2H3;2*1H;;/q-1;;;+1;+2/p-2. The predicted molar refractivity (Wildman–Crippen MR) is 37.9 cm³/mol. The molecule has 1 nitrogen and oxygen atoms in total. The Bertz CT molecular complexity index is 102. The van der Waals surface area contributed by atoms with Crippen LogP contribution in [-0.4, -0.2) is 33.5 Å². The Labute approximate surface area is 119 Å². The van der Waals surface area contributed by atoms with E-state index in [0.717, 1.165) is 6.42 Å². The van der Waals surface area contributed by atoms with Crippen LogP contribution in [0, 0.1) is 5.41 Å². The number of allylic oxidation sites excluding steroid dienone is 1. The second-order valence-electron chi connectivity index (χ2n) is 1.18. The summed E-state index contributed by atoms with van der Waals surface area (Å²) in [6.45, 7) is 1.99. The fraction of sp³-hybridized carbons (Fsp3) is 0.600. The summed E-state index contributed by atoms with van der Waals surface area (Å²) in [7, 11) is -0.871. The van der Waals surface area contributed by atoms with Gasteiger partial charge in [-0.05, 0) is 6.26 Å². The summed E-state index contributed by atoms with van der Waals surface area (Å²) in [6.07, 6.45) is 4.29. The van der Waals surface area contributed by atoms with Crippen molar-refractivity contribution in [1.82, 2.24) is 0 Å². The van der Waals surface area contributed by atoms with Crippen molar-refractivity contribution in [3.63, 3.8) is 0 Å². The fourth-order valence-electron chi connectivity index (χ4n) is 0.201. The van der Waals surface area contributed by atoms with Crippen LogP contribution in [0.15, 0.2) is 6.08 Å². The number of hydrogen-bond donors (Lipinski definition) is 0. The van der Waals surface area contributed by atoms with E-state index in [0.29, 0.717) is 0 Å². The van der Waals surface area contributed by atoms with Crippen molar-refractivity contribution in [2.75, 3.05) is 6.26 Å². The summed E-state index contributed by atoms with van der Waals surface area (Å²) < 4.78 is 10.2. The van der Waals surface area contributed by atoms with Crippen LogP contribution < -0.4 is 34.0 Å². The van der Waals surface area contributed by atoms with E-state index in [1.54, 1.807) is 12.3 Å². The summed E-state index contributed by atoms with van der Waals surface area (Å²) >= 11 is 0. The molecule has 1 unspecified atom stereocenters. The van der Waals surface area contributed by atoms with Crippen LogP contribution in [0.4, 0.5) is 0 Å². The molecule has 0 aliphatic heterocycles. The molecule has 11 heavy (non-hydrogen) atoms. The maximum absolute atomic E-state index is 10.2. The van der Waals surface area contributed by atoms with Crippen molar-refractivity contribution in [2.24, 2.45) is 0 Å².